The van der Waals surface area contributed by atoms with Crippen LogP contribution >= 0.6 is 0 Å². The molecule has 5 rings (SSSR count). The molecule has 0 aliphatic carbocycles. The predicted octanol–water partition coefficient (Wildman–Crippen LogP) is 5.52. The highest BCUT2D eigenvalue weighted by Gasteiger charge is 2.29. The Kier molecular flexibility index (Phi) is 6.24. The van der Waals surface area contributed by atoms with Gasteiger partial charge in [0.05, 0.1) is 4.92 Å². The van der Waals surface area contributed by atoms with Crippen LogP contribution in [0, 0.1) is 10.1 Å². The molecule has 0 N–H and O–H groups in total. The quantitative estimate of drug-likeness (QED) is 0.265. The maximum absolute atomic E-state index is 12.4. The van der Waals surface area contributed by atoms with E-state index in [9.17, 15) is 14.9 Å². The van der Waals surface area contributed by atoms with Gasteiger partial charge in [-0.15, -0.1) is 0 Å². The van der Waals surface area contributed by atoms with Gasteiger partial charge < -0.3 is 19.1 Å². The summed E-state index contributed by atoms with van der Waals surface area (Å²) in [6, 6.07) is 18.6. The van der Waals surface area contributed by atoms with Crippen LogP contribution in [0.4, 0.5) is 16.2 Å². The number of rotatable bonds is 4. The zero-order chi connectivity index (χ0) is 26.2. The van der Waals surface area contributed by atoms with Crippen LogP contribution in [-0.2, 0) is 4.74 Å². The van der Waals surface area contributed by atoms with E-state index in [1.807, 2.05) is 68.1 Å². The van der Waals surface area contributed by atoms with Gasteiger partial charge in [0, 0.05) is 43.4 Å². The number of nitrogens with zero attached hydrogens (tertiary/aromatic N) is 5. The summed E-state index contributed by atoms with van der Waals surface area (Å²) in [5.41, 5.74) is 1.12. The molecule has 0 radical (unpaired) electrons. The van der Waals surface area contributed by atoms with Crippen molar-refractivity contribution in [2.24, 2.45) is 0 Å². The van der Waals surface area contributed by atoms with Crippen molar-refractivity contribution in [3.8, 4) is 22.8 Å². The van der Waals surface area contributed by atoms with Gasteiger partial charge >= 0.3 is 6.09 Å². The van der Waals surface area contributed by atoms with Crippen LogP contribution in [0.1, 0.15) is 20.8 Å². The van der Waals surface area contributed by atoms with E-state index in [1.165, 1.54) is 6.07 Å². The number of carbonyl (C=O) groups is 1. The summed E-state index contributed by atoms with van der Waals surface area (Å²) in [6.07, 6.45) is -0.379. The zero-order valence-corrected chi connectivity index (χ0v) is 20.9. The molecular weight excluding hydrogens is 474 g/mol. The van der Waals surface area contributed by atoms with Crippen LogP contribution in [-0.4, -0.2) is 57.8 Å². The van der Waals surface area contributed by atoms with Crippen LogP contribution in [0.3, 0.4) is 0 Å². The lowest BCUT2D eigenvalue weighted by Gasteiger charge is -2.36. The van der Waals surface area contributed by atoms with Crippen molar-refractivity contribution in [1.29, 1.82) is 0 Å². The first kappa shape index (κ1) is 24.2. The number of benzene rings is 3. The van der Waals surface area contributed by atoms with Gasteiger partial charge in [0.1, 0.15) is 11.3 Å². The predicted molar refractivity (Wildman–Crippen MR) is 139 cm³/mol. The van der Waals surface area contributed by atoms with Crippen molar-refractivity contribution < 1.29 is 19.0 Å². The third-order valence-corrected chi connectivity index (χ3v) is 6.15. The molecule has 4 aromatic rings. The summed E-state index contributed by atoms with van der Waals surface area (Å²) in [5, 5.41) is 18.2. The Labute approximate surface area is 213 Å². The van der Waals surface area contributed by atoms with Gasteiger partial charge in [0.2, 0.25) is 5.82 Å². The summed E-state index contributed by atoms with van der Waals surface area (Å²) >= 11 is 0. The van der Waals surface area contributed by atoms with E-state index in [2.05, 4.69) is 10.1 Å². The first-order valence-corrected chi connectivity index (χ1v) is 12.0. The van der Waals surface area contributed by atoms with E-state index in [4.69, 9.17) is 9.26 Å². The summed E-state index contributed by atoms with van der Waals surface area (Å²) in [6.45, 7) is 7.18. The van der Waals surface area contributed by atoms with E-state index in [-0.39, 0.29) is 17.7 Å². The maximum Gasteiger partial charge on any atom is 0.410 e. The molecule has 10 nitrogen and oxygen atoms in total. The average molecular weight is 502 g/mol. The standard InChI is InChI=1S/C27H27N5O5/c1-27(2,3)36-26(33)31-15-13-30(14-16-31)22-12-11-19(17-23(22)32(34)35)25-28-24(29-37-25)21-10-6-8-18-7-4-5-9-20(18)21/h4-12,17H,13-16H2,1-3H3. The van der Waals surface area contributed by atoms with Gasteiger partial charge in [-0.2, -0.15) is 4.98 Å². The molecule has 10 heteroatoms. The lowest BCUT2D eigenvalue weighted by Crippen LogP contribution is -2.50. The number of carbonyl (C=O) groups excluding carboxylic acids is 1. The minimum absolute atomic E-state index is 0.0619. The highest BCUT2D eigenvalue weighted by molar-refractivity contribution is 5.95. The highest BCUT2D eigenvalue weighted by atomic mass is 16.6. The summed E-state index contributed by atoms with van der Waals surface area (Å²) in [7, 11) is 0. The van der Waals surface area contributed by atoms with Gasteiger partial charge in [-0.1, -0.05) is 47.6 Å². The molecular formula is C27H27N5O5. The topological polar surface area (TPSA) is 115 Å². The average Bonchev–Trinajstić information content (AvgIpc) is 3.37. The second-order valence-corrected chi connectivity index (χ2v) is 9.86. The molecule has 1 amide bonds. The third kappa shape index (κ3) is 5.09. The molecule has 1 fully saturated rings. The minimum Gasteiger partial charge on any atom is -0.444 e. The SMILES string of the molecule is CC(C)(C)OC(=O)N1CCN(c2ccc(-c3nc(-c4cccc5ccccc45)no3)cc2[N+](=O)[O-])CC1. The van der Waals surface area contributed by atoms with Gasteiger partial charge in [0.15, 0.2) is 0 Å². The maximum atomic E-state index is 12.4. The number of amides is 1. The Hall–Kier alpha value is -4.47. The van der Waals surface area contributed by atoms with E-state index in [0.29, 0.717) is 43.3 Å². The fraction of sp³-hybridized carbons (Fsp3) is 0.296. The molecule has 0 bridgehead atoms. The Morgan fingerprint density at radius 1 is 1.03 bits per heavy atom. The van der Waals surface area contributed by atoms with Gasteiger partial charge in [-0.05, 0) is 43.7 Å². The first-order chi connectivity index (χ1) is 17.7. The Balaban J connectivity index is 1.37. The molecule has 1 aliphatic heterocycles. The fourth-order valence-corrected chi connectivity index (χ4v) is 4.40. The lowest BCUT2D eigenvalue weighted by atomic mass is 10.0. The molecule has 1 saturated heterocycles. The molecule has 0 unspecified atom stereocenters. The second-order valence-electron chi connectivity index (χ2n) is 9.86. The van der Waals surface area contributed by atoms with E-state index in [1.54, 1.807) is 17.0 Å². The van der Waals surface area contributed by atoms with Crippen LogP contribution in [0.5, 0.6) is 0 Å². The van der Waals surface area contributed by atoms with Crippen LogP contribution in [0.15, 0.2) is 65.2 Å². The summed E-state index contributed by atoms with van der Waals surface area (Å²) < 4.78 is 10.9. The van der Waals surface area contributed by atoms with Crippen molar-refractivity contribution in [3.63, 3.8) is 0 Å². The zero-order valence-electron chi connectivity index (χ0n) is 20.9. The number of nitro groups is 1. The molecule has 1 aromatic heterocycles. The van der Waals surface area contributed by atoms with Crippen molar-refractivity contribution >= 4 is 28.2 Å². The number of hydrogen-bond donors (Lipinski definition) is 0. The number of ether oxygens (including phenoxy) is 1. The van der Waals surface area contributed by atoms with E-state index < -0.39 is 10.5 Å². The number of fused-ring (bicyclic) bond motifs is 1. The molecule has 0 spiro atoms. The molecule has 0 atom stereocenters. The Bertz CT molecular complexity index is 1460. The Morgan fingerprint density at radius 2 is 1.76 bits per heavy atom. The fourth-order valence-electron chi connectivity index (χ4n) is 4.40. The highest BCUT2D eigenvalue weighted by Crippen LogP contribution is 2.35. The van der Waals surface area contributed by atoms with Crippen LogP contribution in [0.2, 0.25) is 0 Å². The summed E-state index contributed by atoms with van der Waals surface area (Å²) in [5.74, 6) is 0.615. The number of aromatic nitrogens is 2. The molecule has 2 heterocycles. The van der Waals surface area contributed by atoms with Crippen molar-refractivity contribution in [2.75, 3.05) is 31.1 Å². The van der Waals surface area contributed by atoms with Crippen LogP contribution in [0.25, 0.3) is 33.6 Å². The monoisotopic (exact) mass is 501 g/mol. The molecule has 37 heavy (non-hydrogen) atoms. The smallest absolute Gasteiger partial charge is 0.410 e. The van der Waals surface area contributed by atoms with Crippen molar-refractivity contribution in [2.45, 2.75) is 26.4 Å². The summed E-state index contributed by atoms with van der Waals surface area (Å²) in [4.78, 5) is 32.0. The first-order valence-electron chi connectivity index (χ1n) is 12.0. The number of nitro benzene ring substituents is 1. The van der Waals surface area contributed by atoms with E-state index in [0.717, 1.165) is 16.3 Å². The molecule has 0 saturated carbocycles. The van der Waals surface area contributed by atoms with Gasteiger partial charge in [0.25, 0.3) is 11.6 Å². The lowest BCUT2D eigenvalue weighted by molar-refractivity contribution is -0.384. The largest absolute Gasteiger partial charge is 0.444 e. The van der Waals surface area contributed by atoms with Gasteiger partial charge in [-0.3, -0.25) is 10.1 Å². The van der Waals surface area contributed by atoms with Crippen molar-refractivity contribution in [3.05, 3.63) is 70.8 Å². The third-order valence-electron chi connectivity index (χ3n) is 6.15. The second kappa shape index (κ2) is 9.53. The molecule has 190 valence electrons. The van der Waals surface area contributed by atoms with Gasteiger partial charge in [-0.25, -0.2) is 4.79 Å². The minimum atomic E-state index is -0.578. The van der Waals surface area contributed by atoms with E-state index >= 15 is 0 Å². The van der Waals surface area contributed by atoms with Crippen molar-refractivity contribution in [1.82, 2.24) is 15.0 Å². The molecule has 3 aromatic carbocycles. The normalized spacial score (nSPS) is 14.1. The number of hydrogen-bond acceptors (Lipinski definition) is 8. The van der Waals surface area contributed by atoms with Crippen LogP contribution < -0.4 is 4.90 Å². The Morgan fingerprint density at radius 3 is 2.49 bits per heavy atom. The number of piperazine rings is 1. The molecule has 1 aliphatic rings. The number of anilines is 1.